The number of aliphatic hydroxyl groups is 1. The van der Waals surface area contributed by atoms with Crippen molar-refractivity contribution in [2.24, 2.45) is 0 Å². The molecule has 10 nitrogen and oxygen atoms in total. The minimum Gasteiger partial charge on any atom is -0.489 e. The maximum absolute atomic E-state index is 13.2. The van der Waals surface area contributed by atoms with Gasteiger partial charge in [0.15, 0.2) is 5.75 Å². The molecule has 2 N–H and O–H groups in total. The molecule has 0 fully saturated rings. The first kappa shape index (κ1) is 23.7. The van der Waals surface area contributed by atoms with Crippen molar-refractivity contribution >= 4 is 17.6 Å². The van der Waals surface area contributed by atoms with Gasteiger partial charge in [-0.25, -0.2) is 4.79 Å². The van der Waals surface area contributed by atoms with Gasteiger partial charge in [0.05, 0.1) is 18.1 Å². The van der Waals surface area contributed by atoms with E-state index in [0.717, 1.165) is 4.68 Å². The van der Waals surface area contributed by atoms with Crippen LogP contribution in [0.4, 0.5) is 14.9 Å². The summed E-state index contributed by atoms with van der Waals surface area (Å²) in [6.45, 7) is 3.04. The Morgan fingerprint density at radius 3 is 2.89 bits per heavy atom. The molecule has 35 heavy (non-hydrogen) atoms. The Labute approximate surface area is 200 Å². The van der Waals surface area contributed by atoms with Crippen LogP contribution in [-0.4, -0.2) is 57.1 Å². The Kier molecular flexibility index (Phi) is 6.40. The highest BCUT2D eigenvalue weighted by Crippen LogP contribution is 2.31. The van der Waals surface area contributed by atoms with Crippen LogP contribution < -0.4 is 19.7 Å². The molecule has 1 aliphatic heterocycles. The molecule has 11 heteroatoms. The molecule has 2 aromatic heterocycles. The second-order valence-electron chi connectivity index (χ2n) is 8.22. The fourth-order valence-electron chi connectivity index (χ4n) is 3.16. The van der Waals surface area contributed by atoms with Crippen molar-refractivity contribution in [3.05, 3.63) is 60.3 Å². The molecule has 180 valence electrons. The summed E-state index contributed by atoms with van der Waals surface area (Å²) in [4.78, 5) is 30.7. The zero-order chi connectivity index (χ0) is 25.2. The molecular weight excluding hydrogens is 457 g/mol. The van der Waals surface area contributed by atoms with Crippen LogP contribution >= 0.6 is 0 Å². The molecule has 3 heterocycles. The normalized spacial score (nSPS) is 15.3. The molecular formula is C24H22FN5O5. The van der Waals surface area contributed by atoms with Gasteiger partial charge in [-0.3, -0.25) is 4.79 Å². The van der Waals surface area contributed by atoms with E-state index in [0.29, 0.717) is 17.0 Å². The van der Waals surface area contributed by atoms with E-state index in [4.69, 9.17) is 9.47 Å². The quantitative estimate of drug-likeness (QED) is 0.437. The van der Waals surface area contributed by atoms with E-state index in [1.165, 1.54) is 35.5 Å². The standard InChI is InChI=1S/C24H22FN5O5/c1-24(2,33)10-9-15-7-8-19-18(11-15)29(3)22(31)17(14-34-19)27-23(32)30-13-16(12-26-30)35-21-6-4-5-20(25)28-21/h4-8,11-13,17,33H,14H2,1-3H3,(H,27,32)/t17-/m0/s1. The number of rotatable bonds is 3. The molecule has 1 atom stereocenters. The van der Waals surface area contributed by atoms with E-state index < -0.39 is 29.5 Å². The number of anilines is 1. The summed E-state index contributed by atoms with van der Waals surface area (Å²) in [5.74, 6) is 5.08. The van der Waals surface area contributed by atoms with Gasteiger partial charge in [0.1, 0.15) is 24.0 Å². The highest BCUT2D eigenvalue weighted by atomic mass is 19.1. The molecule has 3 aromatic rings. The van der Waals surface area contributed by atoms with E-state index >= 15 is 0 Å². The van der Waals surface area contributed by atoms with Crippen LogP contribution in [0.25, 0.3) is 0 Å². The maximum Gasteiger partial charge on any atom is 0.342 e. The molecule has 0 bridgehead atoms. The third-order valence-electron chi connectivity index (χ3n) is 4.84. The highest BCUT2D eigenvalue weighted by molar-refractivity contribution is 6.00. The smallest absolute Gasteiger partial charge is 0.342 e. The number of ether oxygens (including phenoxy) is 2. The summed E-state index contributed by atoms with van der Waals surface area (Å²) in [7, 11) is 1.56. The van der Waals surface area contributed by atoms with Crippen LogP contribution in [-0.2, 0) is 4.79 Å². The number of nitrogens with zero attached hydrogens (tertiary/aromatic N) is 4. The molecule has 1 aliphatic rings. The summed E-state index contributed by atoms with van der Waals surface area (Å²) >= 11 is 0. The largest absolute Gasteiger partial charge is 0.489 e. The van der Waals surface area contributed by atoms with Crippen molar-refractivity contribution in [1.29, 1.82) is 0 Å². The summed E-state index contributed by atoms with van der Waals surface area (Å²) in [6.07, 6.45) is 2.53. The van der Waals surface area contributed by atoms with Crippen LogP contribution in [0.15, 0.2) is 48.8 Å². The van der Waals surface area contributed by atoms with E-state index in [1.54, 1.807) is 39.1 Å². The second kappa shape index (κ2) is 9.44. The number of halogens is 1. The van der Waals surface area contributed by atoms with Gasteiger partial charge in [0.25, 0.3) is 5.91 Å². The van der Waals surface area contributed by atoms with Crippen molar-refractivity contribution in [2.45, 2.75) is 25.5 Å². The number of benzene rings is 1. The maximum atomic E-state index is 13.2. The SMILES string of the molecule is CN1C(=O)[C@@H](NC(=O)n2cc(Oc3cccc(F)n3)cn2)COc2ccc(C#CC(C)(C)O)cc21. The molecule has 1 aromatic carbocycles. The zero-order valence-corrected chi connectivity index (χ0v) is 19.2. The molecule has 0 saturated heterocycles. The van der Waals surface area contributed by atoms with Crippen molar-refractivity contribution < 1.29 is 28.6 Å². The monoisotopic (exact) mass is 479 g/mol. The molecule has 2 amide bonds. The van der Waals surface area contributed by atoms with Crippen LogP contribution in [0.2, 0.25) is 0 Å². The second-order valence-corrected chi connectivity index (χ2v) is 8.22. The van der Waals surface area contributed by atoms with Crippen molar-refractivity contribution in [3.8, 4) is 29.2 Å². The lowest BCUT2D eigenvalue weighted by Crippen LogP contribution is -2.50. The lowest BCUT2D eigenvalue weighted by molar-refractivity contribution is -0.120. The minimum absolute atomic E-state index is 0.00306. The number of hydrogen-bond acceptors (Lipinski definition) is 7. The predicted molar refractivity (Wildman–Crippen MR) is 123 cm³/mol. The molecule has 0 unspecified atom stereocenters. The van der Waals surface area contributed by atoms with Gasteiger partial charge in [0.2, 0.25) is 11.8 Å². The van der Waals surface area contributed by atoms with Gasteiger partial charge in [-0.2, -0.15) is 19.2 Å². The topological polar surface area (TPSA) is 119 Å². The molecule has 0 saturated carbocycles. The lowest BCUT2D eigenvalue weighted by Gasteiger charge is -2.20. The van der Waals surface area contributed by atoms with Gasteiger partial charge in [-0.15, -0.1) is 0 Å². The molecule has 0 radical (unpaired) electrons. The number of aromatic nitrogens is 3. The highest BCUT2D eigenvalue weighted by Gasteiger charge is 2.31. The number of amides is 2. The Hall–Kier alpha value is -4.43. The van der Waals surface area contributed by atoms with Gasteiger partial charge >= 0.3 is 6.03 Å². The third-order valence-corrected chi connectivity index (χ3v) is 4.84. The number of nitrogens with one attached hydrogen (secondary N) is 1. The molecule has 0 aliphatic carbocycles. The van der Waals surface area contributed by atoms with Crippen LogP contribution in [0.5, 0.6) is 17.4 Å². The van der Waals surface area contributed by atoms with Crippen molar-refractivity contribution in [2.75, 3.05) is 18.6 Å². The fourth-order valence-corrected chi connectivity index (χ4v) is 3.16. The molecule has 0 spiro atoms. The van der Waals surface area contributed by atoms with E-state index in [1.807, 2.05) is 0 Å². The van der Waals surface area contributed by atoms with Crippen LogP contribution in [0, 0.1) is 17.8 Å². The summed E-state index contributed by atoms with van der Waals surface area (Å²) < 4.78 is 25.3. The third kappa shape index (κ3) is 5.74. The molecule has 4 rings (SSSR count). The Morgan fingerprint density at radius 1 is 1.34 bits per heavy atom. The predicted octanol–water partition coefficient (Wildman–Crippen LogP) is 2.31. The zero-order valence-electron chi connectivity index (χ0n) is 19.2. The van der Waals surface area contributed by atoms with Gasteiger partial charge in [-0.05, 0) is 38.1 Å². The van der Waals surface area contributed by atoms with Crippen molar-refractivity contribution in [1.82, 2.24) is 20.1 Å². The average molecular weight is 479 g/mol. The lowest BCUT2D eigenvalue weighted by atomic mass is 10.1. The van der Waals surface area contributed by atoms with E-state index in [9.17, 15) is 19.1 Å². The summed E-state index contributed by atoms with van der Waals surface area (Å²) in [5, 5.41) is 16.3. The number of hydrogen-bond donors (Lipinski definition) is 2. The number of likely N-dealkylation sites (N-methyl/N-ethyl adjacent to an activating group) is 1. The number of pyridine rings is 1. The van der Waals surface area contributed by atoms with Crippen molar-refractivity contribution in [3.63, 3.8) is 0 Å². The minimum atomic E-state index is -1.16. The summed E-state index contributed by atoms with van der Waals surface area (Å²) in [6, 6.07) is 7.45. The van der Waals surface area contributed by atoms with E-state index in [2.05, 4.69) is 27.2 Å². The van der Waals surface area contributed by atoms with Crippen LogP contribution in [0.3, 0.4) is 0 Å². The first-order valence-electron chi connectivity index (χ1n) is 10.5. The Morgan fingerprint density at radius 2 is 2.14 bits per heavy atom. The first-order chi connectivity index (χ1) is 16.6. The number of fused-ring (bicyclic) bond motifs is 1. The van der Waals surface area contributed by atoms with E-state index in [-0.39, 0.29) is 18.2 Å². The van der Waals surface area contributed by atoms with Gasteiger partial charge in [-0.1, -0.05) is 17.9 Å². The fraction of sp³-hybridized carbons (Fsp3) is 0.250. The number of carbonyl (C=O) groups excluding carboxylic acids is 2. The van der Waals surface area contributed by atoms with Gasteiger partial charge < -0.3 is 24.8 Å². The number of carbonyl (C=O) groups is 2. The Bertz CT molecular complexity index is 1340. The van der Waals surface area contributed by atoms with Gasteiger partial charge in [0, 0.05) is 18.7 Å². The Balaban J connectivity index is 1.45. The van der Waals surface area contributed by atoms with Crippen LogP contribution in [0.1, 0.15) is 19.4 Å². The average Bonchev–Trinajstić information content (AvgIpc) is 3.23. The first-order valence-corrected chi connectivity index (χ1v) is 10.5. The summed E-state index contributed by atoms with van der Waals surface area (Å²) in [5.41, 5.74) is -0.0916.